The smallest absolute Gasteiger partial charge is 0.0876 e. The van der Waals surface area contributed by atoms with Gasteiger partial charge in [-0.3, -0.25) is 0 Å². The first-order valence-corrected chi connectivity index (χ1v) is 5.22. The van der Waals surface area contributed by atoms with Gasteiger partial charge in [0.05, 0.1) is 19.0 Å². The van der Waals surface area contributed by atoms with Gasteiger partial charge < -0.3 is 9.84 Å². The van der Waals surface area contributed by atoms with E-state index < -0.39 is 0 Å². The molecule has 1 aliphatic heterocycles. The van der Waals surface area contributed by atoms with Crippen LogP contribution in [0.1, 0.15) is 39.5 Å². The summed E-state index contributed by atoms with van der Waals surface area (Å²) in [7, 11) is 0. The lowest BCUT2D eigenvalue weighted by atomic mass is 9.94. The molecule has 2 atom stereocenters. The molecule has 13 heavy (non-hydrogen) atoms. The zero-order valence-corrected chi connectivity index (χ0v) is 8.62. The fraction of sp³-hybridized carbons (Fsp3) is 0.818. The maximum atomic E-state index is 9.83. The third-order valence-corrected chi connectivity index (χ3v) is 2.71. The molecule has 1 N–H and O–H groups in total. The molecule has 0 saturated heterocycles. The van der Waals surface area contributed by atoms with Gasteiger partial charge in [-0.15, -0.1) is 0 Å². The van der Waals surface area contributed by atoms with Crippen molar-refractivity contribution in [3.05, 3.63) is 11.8 Å². The Balaban J connectivity index is 2.37. The van der Waals surface area contributed by atoms with Crippen LogP contribution in [0.3, 0.4) is 0 Å². The van der Waals surface area contributed by atoms with Gasteiger partial charge in [-0.1, -0.05) is 20.3 Å². The van der Waals surface area contributed by atoms with E-state index in [4.69, 9.17) is 4.74 Å². The normalized spacial score (nSPS) is 21.6. The van der Waals surface area contributed by atoms with Crippen LogP contribution in [0.25, 0.3) is 0 Å². The minimum Gasteiger partial charge on any atom is -0.501 e. The largest absolute Gasteiger partial charge is 0.501 e. The number of rotatable bonds is 4. The van der Waals surface area contributed by atoms with Crippen LogP contribution in [0, 0.1) is 5.92 Å². The highest BCUT2D eigenvalue weighted by Gasteiger charge is 2.16. The summed E-state index contributed by atoms with van der Waals surface area (Å²) in [5.41, 5.74) is 1.08. The standard InChI is InChI=1S/C11H20O2/c1-3-9(2)7-11(12)10-5-4-6-13-8-10/h8-9,11-12H,3-7H2,1-2H3. The van der Waals surface area contributed by atoms with Crippen molar-refractivity contribution in [2.24, 2.45) is 5.92 Å². The van der Waals surface area contributed by atoms with E-state index >= 15 is 0 Å². The molecule has 1 heterocycles. The molecule has 2 nitrogen and oxygen atoms in total. The Hall–Kier alpha value is -0.500. The zero-order valence-electron chi connectivity index (χ0n) is 8.62. The molecule has 0 bridgehead atoms. The van der Waals surface area contributed by atoms with Gasteiger partial charge in [0.1, 0.15) is 0 Å². The Kier molecular flexibility index (Phi) is 4.29. The highest BCUT2D eigenvalue weighted by molar-refractivity contribution is 5.06. The first-order chi connectivity index (χ1) is 6.24. The molecule has 2 unspecified atom stereocenters. The highest BCUT2D eigenvalue weighted by atomic mass is 16.5. The van der Waals surface area contributed by atoms with Crippen LogP contribution in [-0.2, 0) is 4.74 Å². The molecule has 2 heteroatoms. The minimum absolute atomic E-state index is 0.282. The second-order valence-corrected chi connectivity index (χ2v) is 3.93. The monoisotopic (exact) mass is 184 g/mol. The molecule has 0 aromatic rings. The van der Waals surface area contributed by atoms with Crippen molar-refractivity contribution in [1.29, 1.82) is 0 Å². The highest BCUT2D eigenvalue weighted by Crippen LogP contribution is 2.21. The fourth-order valence-electron chi connectivity index (χ4n) is 1.53. The number of ether oxygens (including phenoxy) is 1. The van der Waals surface area contributed by atoms with Crippen molar-refractivity contribution in [1.82, 2.24) is 0 Å². The lowest BCUT2D eigenvalue weighted by Gasteiger charge is -2.20. The topological polar surface area (TPSA) is 29.5 Å². The van der Waals surface area contributed by atoms with Crippen LogP contribution < -0.4 is 0 Å². The summed E-state index contributed by atoms with van der Waals surface area (Å²) < 4.78 is 5.20. The van der Waals surface area contributed by atoms with E-state index in [1.807, 2.05) is 0 Å². The molecule has 76 valence electrons. The van der Waals surface area contributed by atoms with E-state index in [-0.39, 0.29) is 6.10 Å². The van der Waals surface area contributed by atoms with Crippen LogP contribution in [0.2, 0.25) is 0 Å². The lowest BCUT2D eigenvalue weighted by molar-refractivity contribution is 0.148. The summed E-state index contributed by atoms with van der Waals surface area (Å²) in [6, 6.07) is 0. The SMILES string of the molecule is CCC(C)CC(O)C1=COCCC1. The van der Waals surface area contributed by atoms with Crippen LogP contribution in [0.5, 0.6) is 0 Å². The van der Waals surface area contributed by atoms with E-state index in [9.17, 15) is 5.11 Å². The van der Waals surface area contributed by atoms with Crippen molar-refractivity contribution in [2.45, 2.75) is 45.6 Å². The van der Waals surface area contributed by atoms with Crippen molar-refractivity contribution in [2.75, 3.05) is 6.61 Å². The predicted octanol–water partition coefficient (Wildman–Crippen LogP) is 2.48. The lowest BCUT2D eigenvalue weighted by Crippen LogP contribution is -2.17. The Morgan fingerprint density at radius 2 is 2.38 bits per heavy atom. The molecule has 0 saturated carbocycles. The third kappa shape index (κ3) is 3.39. The van der Waals surface area contributed by atoms with Gasteiger partial charge in [-0.05, 0) is 30.8 Å². The van der Waals surface area contributed by atoms with E-state index in [1.54, 1.807) is 6.26 Å². The second-order valence-electron chi connectivity index (χ2n) is 3.93. The molecule has 1 aliphatic rings. The van der Waals surface area contributed by atoms with E-state index in [2.05, 4.69) is 13.8 Å². The number of hydrogen-bond donors (Lipinski definition) is 1. The fourth-order valence-corrected chi connectivity index (χ4v) is 1.53. The van der Waals surface area contributed by atoms with Gasteiger partial charge in [-0.2, -0.15) is 0 Å². The van der Waals surface area contributed by atoms with E-state index in [0.717, 1.165) is 37.9 Å². The predicted molar refractivity (Wildman–Crippen MR) is 53.3 cm³/mol. The zero-order chi connectivity index (χ0) is 9.68. The summed E-state index contributed by atoms with van der Waals surface area (Å²) in [5, 5.41) is 9.83. The Labute approximate surface area is 80.6 Å². The van der Waals surface area contributed by atoms with Gasteiger partial charge in [-0.25, -0.2) is 0 Å². The van der Waals surface area contributed by atoms with Gasteiger partial charge in [0.15, 0.2) is 0 Å². The maximum absolute atomic E-state index is 9.83. The Morgan fingerprint density at radius 3 is 2.92 bits per heavy atom. The maximum Gasteiger partial charge on any atom is 0.0876 e. The molecule has 0 amide bonds. The quantitative estimate of drug-likeness (QED) is 0.727. The Bertz CT molecular complexity index is 175. The van der Waals surface area contributed by atoms with Crippen molar-refractivity contribution >= 4 is 0 Å². The molecule has 0 fully saturated rings. The molecule has 0 radical (unpaired) electrons. The molecular weight excluding hydrogens is 164 g/mol. The minimum atomic E-state index is -0.282. The molecule has 0 aromatic carbocycles. The van der Waals surface area contributed by atoms with E-state index in [1.165, 1.54) is 0 Å². The molecule has 0 aromatic heterocycles. The van der Waals surface area contributed by atoms with Crippen LogP contribution in [0.15, 0.2) is 11.8 Å². The Morgan fingerprint density at radius 1 is 1.62 bits per heavy atom. The average molecular weight is 184 g/mol. The second kappa shape index (κ2) is 5.28. The number of hydrogen-bond acceptors (Lipinski definition) is 2. The van der Waals surface area contributed by atoms with Gasteiger partial charge in [0.25, 0.3) is 0 Å². The molecule has 0 aliphatic carbocycles. The van der Waals surface area contributed by atoms with E-state index in [0.29, 0.717) is 5.92 Å². The van der Waals surface area contributed by atoms with Crippen LogP contribution >= 0.6 is 0 Å². The summed E-state index contributed by atoms with van der Waals surface area (Å²) >= 11 is 0. The molecular formula is C11H20O2. The van der Waals surface area contributed by atoms with Crippen LogP contribution in [0.4, 0.5) is 0 Å². The van der Waals surface area contributed by atoms with Crippen molar-refractivity contribution in [3.8, 4) is 0 Å². The van der Waals surface area contributed by atoms with Gasteiger partial charge >= 0.3 is 0 Å². The van der Waals surface area contributed by atoms with Crippen molar-refractivity contribution in [3.63, 3.8) is 0 Å². The molecule has 1 rings (SSSR count). The first kappa shape index (κ1) is 10.6. The summed E-state index contributed by atoms with van der Waals surface area (Å²) in [5.74, 6) is 0.595. The van der Waals surface area contributed by atoms with Crippen LogP contribution in [-0.4, -0.2) is 17.8 Å². The van der Waals surface area contributed by atoms with Gasteiger partial charge in [0.2, 0.25) is 0 Å². The summed E-state index contributed by atoms with van der Waals surface area (Å²) in [4.78, 5) is 0. The average Bonchev–Trinajstić information content (AvgIpc) is 2.19. The number of aliphatic hydroxyl groups excluding tert-OH is 1. The third-order valence-electron chi connectivity index (χ3n) is 2.71. The van der Waals surface area contributed by atoms with Crippen molar-refractivity contribution < 1.29 is 9.84 Å². The summed E-state index contributed by atoms with van der Waals surface area (Å²) in [6.45, 7) is 5.14. The summed E-state index contributed by atoms with van der Waals surface area (Å²) in [6.07, 6.45) is 5.50. The number of aliphatic hydroxyl groups is 1. The first-order valence-electron chi connectivity index (χ1n) is 5.22. The molecule has 0 spiro atoms. The van der Waals surface area contributed by atoms with Gasteiger partial charge in [0, 0.05) is 0 Å².